The Kier molecular flexibility index (Phi) is 3.66. The number of hydrogen-bond acceptors (Lipinski definition) is 3. The molecule has 2 aliphatic rings. The Balaban J connectivity index is 1.65. The molecule has 1 aliphatic carbocycles. The van der Waals surface area contributed by atoms with Crippen molar-refractivity contribution in [3.8, 4) is 0 Å². The van der Waals surface area contributed by atoms with Crippen LogP contribution in [-0.2, 0) is 6.42 Å². The minimum Gasteiger partial charge on any atom is -0.465 e. The van der Waals surface area contributed by atoms with Gasteiger partial charge in [0, 0.05) is 37.1 Å². The molecule has 0 saturated heterocycles. The second kappa shape index (κ2) is 5.47. The van der Waals surface area contributed by atoms with E-state index in [9.17, 15) is 4.79 Å². The van der Waals surface area contributed by atoms with Gasteiger partial charge < -0.3 is 20.6 Å². The lowest BCUT2D eigenvalue weighted by molar-refractivity contribution is 0.124. The molecule has 1 saturated carbocycles. The molecular weight excluding hydrogens is 266 g/mol. The van der Waals surface area contributed by atoms with Crippen LogP contribution in [0.15, 0.2) is 18.2 Å². The van der Waals surface area contributed by atoms with E-state index in [4.69, 9.17) is 10.8 Å². The average molecular weight is 289 g/mol. The third kappa shape index (κ3) is 2.64. The number of carbonyl (C=O) groups is 1. The average Bonchev–Trinajstić information content (AvgIpc) is 2.89. The molecule has 1 aromatic carbocycles. The first kappa shape index (κ1) is 14.0. The highest BCUT2D eigenvalue weighted by Crippen LogP contribution is 2.36. The van der Waals surface area contributed by atoms with E-state index in [1.165, 1.54) is 16.2 Å². The van der Waals surface area contributed by atoms with Gasteiger partial charge in [0.15, 0.2) is 0 Å². The van der Waals surface area contributed by atoms with E-state index in [0.29, 0.717) is 6.04 Å². The van der Waals surface area contributed by atoms with Gasteiger partial charge in [0.1, 0.15) is 0 Å². The number of nitrogens with zero attached hydrogens (tertiary/aromatic N) is 2. The summed E-state index contributed by atoms with van der Waals surface area (Å²) in [6.45, 7) is 1.06. The lowest BCUT2D eigenvalue weighted by Gasteiger charge is -2.38. The molecule has 21 heavy (non-hydrogen) atoms. The van der Waals surface area contributed by atoms with Crippen molar-refractivity contribution < 1.29 is 9.90 Å². The van der Waals surface area contributed by atoms with Gasteiger partial charge in [-0.2, -0.15) is 0 Å². The van der Waals surface area contributed by atoms with E-state index in [1.807, 2.05) is 6.07 Å². The zero-order valence-corrected chi connectivity index (χ0v) is 12.5. The predicted octanol–water partition coefficient (Wildman–Crippen LogP) is 2.55. The lowest BCUT2D eigenvalue weighted by Crippen LogP contribution is -2.44. The first-order chi connectivity index (χ1) is 10.1. The normalized spacial score (nSPS) is 24.7. The molecule has 1 aromatic rings. The topological polar surface area (TPSA) is 69.8 Å². The molecule has 0 atom stereocenters. The number of rotatable bonds is 2. The highest BCUT2D eigenvalue weighted by atomic mass is 16.4. The Labute approximate surface area is 125 Å². The third-order valence-corrected chi connectivity index (χ3v) is 4.99. The van der Waals surface area contributed by atoms with Gasteiger partial charge in [0.25, 0.3) is 0 Å². The van der Waals surface area contributed by atoms with Crippen molar-refractivity contribution in [2.24, 2.45) is 0 Å². The molecule has 1 heterocycles. The summed E-state index contributed by atoms with van der Waals surface area (Å²) in [5.41, 5.74) is 9.36. The molecule has 1 aliphatic heterocycles. The number of nitrogens with two attached hydrogens (primary N) is 1. The van der Waals surface area contributed by atoms with E-state index in [-0.39, 0.29) is 6.04 Å². The quantitative estimate of drug-likeness (QED) is 0.821. The second-order valence-electron chi connectivity index (χ2n) is 6.19. The van der Waals surface area contributed by atoms with E-state index in [0.717, 1.165) is 44.3 Å². The monoisotopic (exact) mass is 289 g/mol. The number of hydrogen-bond donors (Lipinski definition) is 2. The summed E-state index contributed by atoms with van der Waals surface area (Å²) in [6.07, 6.45) is 4.27. The maximum Gasteiger partial charge on any atom is 0.407 e. The molecule has 0 bridgehead atoms. The van der Waals surface area contributed by atoms with Gasteiger partial charge in [0.2, 0.25) is 0 Å². The van der Waals surface area contributed by atoms with Crippen molar-refractivity contribution >= 4 is 17.5 Å². The number of anilines is 2. The highest BCUT2D eigenvalue weighted by molar-refractivity contribution is 5.65. The smallest absolute Gasteiger partial charge is 0.407 e. The van der Waals surface area contributed by atoms with Gasteiger partial charge >= 0.3 is 6.09 Å². The highest BCUT2D eigenvalue weighted by Gasteiger charge is 2.32. The van der Waals surface area contributed by atoms with Crippen LogP contribution in [0, 0.1) is 0 Å². The number of benzene rings is 1. The molecular formula is C16H23N3O2. The maximum atomic E-state index is 11.0. The van der Waals surface area contributed by atoms with Crippen LogP contribution in [0.3, 0.4) is 0 Å². The van der Waals surface area contributed by atoms with Crippen LogP contribution in [0.1, 0.15) is 31.2 Å². The summed E-state index contributed by atoms with van der Waals surface area (Å²) < 4.78 is 0. The summed E-state index contributed by atoms with van der Waals surface area (Å²) >= 11 is 0. The molecule has 0 unspecified atom stereocenters. The standard InChI is InChI=1S/C16H23N3O2/c1-18(16(20)21)13-3-5-14(6-4-13)19-9-8-11-10-12(17)2-7-15(11)19/h2,7,10,13-14H,3-6,8-9,17H2,1H3,(H,20,21). The zero-order chi connectivity index (χ0) is 15.0. The minimum absolute atomic E-state index is 0.173. The van der Waals surface area contributed by atoms with Crippen LogP contribution in [0.25, 0.3) is 0 Å². The van der Waals surface area contributed by atoms with Crippen LogP contribution in [0.5, 0.6) is 0 Å². The Hall–Kier alpha value is -1.91. The molecule has 114 valence electrons. The fourth-order valence-corrected chi connectivity index (χ4v) is 3.74. The summed E-state index contributed by atoms with van der Waals surface area (Å²) in [7, 11) is 1.68. The van der Waals surface area contributed by atoms with Crippen LogP contribution >= 0.6 is 0 Å². The van der Waals surface area contributed by atoms with Crippen molar-refractivity contribution in [2.45, 2.75) is 44.2 Å². The van der Waals surface area contributed by atoms with E-state index in [2.05, 4.69) is 17.0 Å². The fraction of sp³-hybridized carbons (Fsp3) is 0.562. The maximum absolute atomic E-state index is 11.0. The summed E-state index contributed by atoms with van der Waals surface area (Å²) in [6, 6.07) is 6.90. The van der Waals surface area contributed by atoms with Gasteiger partial charge in [-0.1, -0.05) is 0 Å². The van der Waals surface area contributed by atoms with Crippen molar-refractivity contribution in [1.82, 2.24) is 4.90 Å². The largest absolute Gasteiger partial charge is 0.465 e. The van der Waals surface area contributed by atoms with E-state index in [1.54, 1.807) is 7.05 Å². The van der Waals surface area contributed by atoms with E-state index < -0.39 is 6.09 Å². The summed E-state index contributed by atoms with van der Waals surface area (Å²) in [4.78, 5) is 15.0. The van der Waals surface area contributed by atoms with Gasteiger partial charge in [-0.3, -0.25) is 0 Å². The predicted molar refractivity (Wildman–Crippen MR) is 83.7 cm³/mol. The Bertz CT molecular complexity index is 538. The summed E-state index contributed by atoms with van der Waals surface area (Å²) in [5, 5.41) is 9.07. The number of carboxylic acid groups (broad SMARTS) is 1. The third-order valence-electron chi connectivity index (χ3n) is 4.99. The Morgan fingerprint density at radius 1 is 1.33 bits per heavy atom. The molecule has 0 spiro atoms. The van der Waals surface area contributed by atoms with Gasteiger partial charge in [-0.05, 0) is 55.9 Å². The lowest BCUT2D eigenvalue weighted by atomic mass is 9.89. The zero-order valence-electron chi connectivity index (χ0n) is 12.5. The number of amides is 1. The summed E-state index contributed by atoms with van der Waals surface area (Å²) in [5.74, 6) is 0. The first-order valence-corrected chi connectivity index (χ1v) is 7.67. The minimum atomic E-state index is -0.819. The van der Waals surface area contributed by atoms with Crippen LogP contribution in [0.4, 0.5) is 16.2 Å². The molecule has 5 heteroatoms. The molecule has 3 N–H and O–H groups in total. The van der Waals surface area contributed by atoms with E-state index >= 15 is 0 Å². The van der Waals surface area contributed by atoms with Crippen molar-refractivity contribution in [3.05, 3.63) is 23.8 Å². The second-order valence-corrected chi connectivity index (χ2v) is 6.19. The molecule has 5 nitrogen and oxygen atoms in total. The number of nitrogen functional groups attached to an aromatic ring is 1. The SMILES string of the molecule is CN(C(=O)O)C1CCC(N2CCc3cc(N)ccc32)CC1. The van der Waals surface area contributed by atoms with Crippen molar-refractivity contribution in [1.29, 1.82) is 0 Å². The fourth-order valence-electron chi connectivity index (χ4n) is 3.74. The van der Waals surface area contributed by atoms with Crippen LogP contribution in [-0.4, -0.2) is 41.8 Å². The van der Waals surface area contributed by atoms with Crippen molar-refractivity contribution in [2.75, 3.05) is 24.2 Å². The number of fused-ring (bicyclic) bond motifs is 1. The van der Waals surface area contributed by atoms with Gasteiger partial charge in [0.05, 0.1) is 0 Å². The Morgan fingerprint density at radius 3 is 2.71 bits per heavy atom. The Morgan fingerprint density at radius 2 is 2.05 bits per heavy atom. The molecule has 0 radical (unpaired) electrons. The first-order valence-electron chi connectivity index (χ1n) is 7.67. The molecule has 3 rings (SSSR count). The van der Waals surface area contributed by atoms with Gasteiger partial charge in [-0.25, -0.2) is 4.79 Å². The molecule has 1 fully saturated rings. The molecule has 0 aromatic heterocycles. The van der Waals surface area contributed by atoms with Crippen LogP contribution < -0.4 is 10.6 Å². The molecule has 1 amide bonds. The van der Waals surface area contributed by atoms with Crippen molar-refractivity contribution in [3.63, 3.8) is 0 Å². The van der Waals surface area contributed by atoms with Crippen LogP contribution in [0.2, 0.25) is 0 Å². The van der Waals surface area contributed by atoms with Gasteiger partial charge in [-0.15, -0.1) is 0 Å².